The Bertz CT molecular complexity index is 720. The smallest absolute Gasteiger partial charge is 0.174 e. The van der Waals surface area contributed by atoms with Crippen LogP contribution < -0.4 is 10.2 Å². The Labute approximate surface area is 148 Å². The number of piperazine rings is 1. The predicted octanol–water partition coefficient (Wildman–Crippen LogP) is 2.40. The van der Waals surface area contributed by atoms with Crippen LogP contribution in [0.3, 0.4) is 0 Å². The molecule has 3 rings (SSSR count). The van der Waals surface area contributed by atoms with Crippen LogP contribution in [0, 0.1) is 12.7 Å². The molecule has 0 radical (unpaired) electrons. The minimum absolute atomic E-state index is 0.217. The van der Waals surface area contributed by atoms with Crippen molar-refractivity contribution in [1.29, 1.82) is 0 Å². The largest absolute Gasteiger partial charge is 0.334 e. The molecular weight excluding hydrogens is 321 g/mol. The van der Waals surface area contributed by atoms with Crippen LogP contribution in [0.15, 0.2) is 48.5 Å². The molecule has 0 amide bonds. The molecule has 0 saturated carbocycles. The van der Waals surface area contributed by atoms with E-state index < -0.39 is 0 Å². The average molecular weight is 344 g/mol. The zero-order chi connectivity index (χ0) is 17.1. The van der Waals surface area contributed by atoms with Crippen LogP contribution in [0.25, 0.3) is 0 Å². The number of anilines is 1. The van der Waals surface area contributed by atoms with Crippen molar-refractivity contribution in [2.45, 2.75) is 13.0 Å². The van der Waals surface area contributed by atoms with Crippen molar-refractivity contribution in [3.05, 3.63) is 65.5 Å². The highest BCUT2D eigenvalue weighted by Crippen LogP contribution is 2.22. The zero-order valence-electron chi connectivity index (χ0n) is 14.1. The summed E-state index contributed by atoms with van der Waals surface area (Å²) in [5.41, 5.74) is 2.59. The first-order chi connectivity index (χ1) is 11.5. The van der Waals surface area contributed by atoms with Crippen LogP contribution in [-0.4, -0.2) is 36.7 Å². The Morgan fingerprint density at radius 3 is 2.71 bits per heavy atom. The fraction of sp³-hybridized carbons (Fsp3) is 0.316. The van der Waals surface area contributed by atoms with Gasteiger partial charge in [-0.3, -0.25) is 0 Å². The molecule has 126 valence electrons. The second-order valence-electron chi connectivity index (χ2n) is 6.43. The lowest BCUT2D eigenvalue weighted by molar-refractivity contribution is -0.887. The summed E-state index contributed by atoms with van der Waals surface area (Å²) < 4.78 is 13.8. The first-order valence-electron chi connectivity index (χ1n) is 8.24. The maximum Gasteiger partial charge on any atom is 0.174 e. The van der Waals surface area contributed by atoms with Gasteiger partial charge in [-0.05, 0) is 42.4 Å². The number of thiocarbonyl (C=S) groups is 1. The van der Waals surface area contributed by atoms with Gasteiger partial charge in [-0.1, -0.05) is 36.4 Å². The minimum atomic E-state index is -0.217. The molecule has 0 aromatic heterocycles. The van der Waals surface area contributed by atoms with E-state index in [1.54, 1.807) is 13.0 Å². The molecule has 2 atom stereocenters. The van der Waals surface area contributed by atoms with Crippen molar-refractivity contribution in [1.82, 2.24) is 4.90 Å². The molecule has 1 fully saturated rings. The molecule has 5 heteroatoms. The number of quaternary nitrogens is 1. The first-order valence-corrected chi connectivity index (χ1v) is 8.65. The molecule has 3 nitrogen and oxygen atoms in total. The maximum atomic E-state index is 13.8. The number of hydrogen-bond acceptors (Lipinski definition) is 1. The highest BCUT2D eigenvalue weighted by Gasteiger charge is 2.30. The summed E-state index contributed by atoms with van der Waals surface area (Å²) in [6.07, 6.45) is 0. The summed E-state index contributed by atoms with van der Waals surface area (Å²) in [6, 6.07) is 15.8. The Balaban J connectivity index is 1.79. The standard InChI is InChI=1S/C19H22FN3S/c1-14-8-9-16(12-17(14)20)21-19(24)23-11-10-22(2)13-18(23)15-6-4-3-5-7-15/h3-9,12,18H,10-11,13H2,1-2H3,(H,21,24)/p+1/t18-/m0/s1. The third-order valence-corrected chi connectivity index (χ3v) is 4.90. The van der Waals surface area contributed by atoms with Gasteiger partial charge < -0.3 is 15.1 Å². The lowest BCUT2D eigenvalue weighted by Crippen LogP contribution is -3.12. The number of benzene rings is 2. The number of hydrogen-bond donors (Lipinski definition) is 2. The molecule has 24 heavy (non-hydrogen) atoms. The van der Waals surface area contributed by atoms with E-state index in [0.717, 1.165) is 19.6 Å². The monoisotopic (exact) mass is 344 g/mol. The fourth-order valence-corrected chi connectivity index (χ4v) is 3.43. The molecule has 1 heterocycles. The Hall–Kier alpha value is -1.98. The lowest BCUT2D eigenvalue weighted by atomic mass is 10.0. The third kappa shape index (κ3) is 3.74. The lowest BCUT2D eigenvalue weighted by Gasteiger charge is -2.39. The Kier molecular flexibility index (Phi) is 5.11. The van der Waals surface area contributed by atoms with Gasteiger partial charge >= 0.3 is 0 Å². The SMILES string of the molecule is Cc1ccc(NC(=S)N2CC[NH+](C)C[C@H]2c2ccccc2)cc1F. The number of nitrogens with one attached hydrogen (secondary N) is 2. The van der Waals surface area contributed by atoms with E-state index >= 15 is 0 Å². The maximum absolute atomic E-state index is 13.8. The number of halogens is 1. The quantitative estimate of drug-likeness (QED) is 0.817. The van der Waals surface area contributed by atoms with Crippen LogP contribution in [0.2, 0.25) is 0 Å². The van der Waals surface area contributed by atoms with E-state index in [9.17, 15) is 4.39 Å². The van der Waals surface area contributed by atoms with Crippen molar-refractivity contribution >= 4 is 23.0 Å². The van der Waals surface area contributed by atoms with Crippen molar-refractivity contribution in [2.24, 2.45) is 0 Å². The van der Waals surface area contributed by atoms with Gasteiger partial charge in [0.2, 0.25) is 0 Å². The number of rotatable bonds is 2. The molecule has 1 unspecified atom stereocenters. The second kappa shape index (κ2) is 7.28. The van der Waals surface area contributed by atoms with E-state index in [4.69, 9.17) is 12.2 Å². The normalized spacial score (nSPS) is 20.7. The van der Waals surface area contributed by atoms with E-state index in [-0.39, 0.29) is 11.9 Å². The summed E-state index contributed by atoms with van der Waals surface area (Å²) in [4.78, 5) is 3.71. The van der Waals surface area contributed by atoms with Gasteiger partial charge in [0.1, 0.15) is 18.4 Å². The number of nitrogens with zero attached hydrogens (tertiary/aromatic N) is 1. The summed E-state index contributed by atoms with van der Waals surface area (Å²) >= 11 is 5.63. The van der Waals surface area contributed by atoms with Gasteiger partial charge in [-0.2, -0.15) is 0 Å². The number of aryl methyl sites for hydroxylation is 1. The van der Waals surface area contributed by atoms with Gasteiger partial charge in [0.05, 0.1) is 20.1 Å². The molecule has 2 aromatic rings. The van der Waals surface area contributed by atoms with Crippen molar-refractivity contribution in [3.63, 3.8) is 0 Å². The molecule has 0 aliphatic carbocycles. The average Bonchev–Trinajstić information content (AvgIpc) is 2.59. The fourth-order valence-electron chi connectivity index (χ4n) is 3.09. The summed E-state index contributed by atoms with van der Waals surface area (Å²) in [6.45, 7) is 4.67. The summed E-state index contributed by atoms with van der Waals surface area (Å²) in [5.74, 6) is -0.217. The van der Waals surface area contributed by atoms with Crippen LogP contribution in [-0.2, 0) is 0 Å². The van der Waals surface area contributed by atoms with Crippen molar-refractivity contribution < 1.29 is 9.29 Å². The molecule has 2 N–H and O–H groups in total. The van der Waals surface area contributed by atoms with Gasteiger partial charge in [-0.25, -0.2) is 4.39 Å². The molecule has 1 aliphatic rings. The molecule has 1 saturated heterocycles. The van der Waals surface area contributed by atoms with Gasteiger partial charge in [0, 0.05) is 5.69 Å². The van der Waals surface area contributed by atoms with Crippen LogP contribution in [0.1, 0.15) is 17.2 Å². The number of likely N-dealkylation sites (N-methyl/N-ethyl adjacent to an activating group) is 1. The molecular formula is C19H23FN3S+. The van der Waals surface area contributed by atoms with E-state index in [1.807, 2.05) is 12.1 Å². The van der Waals surface area contributed by atoms with Gasteiger partial charge in [0.15, 0.2) is 5.11 Å². The first kappa shape index (κ1) is 16.9. The van der Waals surface area contributed by atoms with Crippen LogP contribution >= 0.6 is 12.2 Å². The third-order valence-electron chi connectivity index (χ3n) is 4.57. The predicted molar refractivity (Wildman–Crippen MR) is 99.9 cm³/mol. The second-order valence-corrected chi connectivity index (χ2v) is 6.81. The molecule has 0 bridgehead atoms. The van der Waals surface area contributed by atoms with Crippen molar-refractivity contribution in [3.8, 4) is 0 Å². The highest BCUT2D eigenvalue weighted by molar-refractivity contribution is 7.80. The molecule has 0 spiro atoms. The Morgan fingerprint density at radius 2 is 2.00 bits per heavy atom. The summed E-state index contributed by atoms with van der Waals surface area (Å²) in [7, 11) is 2.21. The topological polar surface area (TPSA) is 19.7 Å². The van der Waals surface area contributed by atoms with Crippen molar-refractivity contribution in [2.75, 3.05) is 32.0 Å². The van der Waals surface area contributed by atoms with Gasteiger partial charge in [-0.15, -0.1) is 0 Å². The molecule has 2 aromatic carbocycles. The summed E-state index contributed by atoms with van der Waals surface area (Å²) in [5, 5.41) is 3.85. The van der Waals surface area contributed by atoms with E-state index in [1.165, 1.54) is 16.5 Å². The van der Waals surface area contributed by atoms with Crippen LogP contribution in [0.5, 0.6) is 0 Å². The molecule has 1 aliphatic heterocycles. The zero-order valence-corrected chi connectivity index (χ0v) is 14.9. The van der Waals surface area contributed by atoms with E-state index in [2.05, 4.69) is 41.5 Å². The Morgan fingerprint density at radius 1 is 1.25 bits per heavy atom. The van der Waals surface area contributed by atoms with E-state index in [0.29, 0.717) is 16.4 Å². The van der Waals surface area contributed by atoms with Gasteiger partial charge in [0.25, 0.3) is 0 Å². The van der Waals surface area contributed by atoms with Crippen LogP contribution in [0.4, 0.5) is 10.1 Å². The highest BCUT2D eigenvalue weighted by atomic mass is 32.1. The minimum Gasteiger partial charge on any atom is -0.334 e.